The highest BCUT2D eigenvalue weighted by atomic mass is 32.2. The molecule has 2 aromatic rings. The van der Waals surface area contributed by atoms with Crippen LogP contribution in [-0.2, 0) is 0 Å². The predicted molar refractivity (Wildman–Crippen MR) is 70.5 cm³/mol. The van der Waals surface area contributed by atoms with Gasteiger partial charge in [0.1, 0.15) is 11.6 Å². The van der Waals surface area contributed by atoms with E-state index in [1.807, 2.05) is 0 Å². The van der Waals surface area contributed by atoms with Crippen LogP contribution in [0.15, 0.2) is 52.3 Å². The van der Waals surface area contributed by atoms with Crippen molar-refractivity contribution in [3.8, 4) is 5.75 Å². The second-order valence-electron chi connectivity index (χ2n) is 3.70. The first-order chi connectivity index (χ1) is 9.11. The van der Waals surface area contributed by atoms with E-state index in [9.17, 15) is 9.18 Å². The number of carbonyl (C=O) groups is 1. The third-order valence-electron chi connectivity index (χ3n) is 2.46. The molecule has 0 unspecified atom stereocenters. The van der Waals surface area contributed by atoms with E-state index in [1.54, 1.807) is 24.3 Å². The minimum Gasteiger partial charge on any atom is -0.497 e. The zero-order chi connectivity index (χ0) is 13.8. The van der Waals surface area contributed by atoms with Gasteiger partial charge in [0.05, 0.1) is 17.6 Å². The Morgan fingerprint density at radius 2 is 2.00 bits per heavy atom. The van der Waals surface area contributed by atoms with Crippen LogP contribution in [0.4, 0.5) is 4.39 Å². The van der Waals surface area contributed by atoms with Crippen molar-refractivity contribution in [1.29, 1.82) is 0 Å². The summed E-state index contributed by atoms with van der Waals surface area (Å²) in [5, 5.41) is 9.06. The van der Waals surface area contributed by atoms with Crippen molar-refractivity contribution in [3.05, 3.63) is 53.8 Å². The van der Waals surface area contributed by atoms with Gasteiger partial charge in [-0.25, -0.2) is 9.18 Å². The molecule has 0 fully saturated rings. The van der Waals surface area contributed by atoms with Gasteiger partial charge in [0.25, 0.3) is 0 Å². The highest BCUT2D eigenvalue weighted by Gasteiger charge is 2.15. The number of ether oxygens (including phenoxy) is 1. The van der Waals surface area contributed by atoms with Crippen molar-refractivity contribution in [3.63, 3.8) is 0 Å². The number of aromatic carboxylic acids is 1. The molecule has 0 aromatic heterocycles. The van der Waals surface area contributed by atoms with Crippen LogP contribution in [0.2, 0.25) is 0 Å². The monoisotopic (exact) mass is 278 g/mol. The normalized spacial score (nSPS) is 10.2. The molecule has 0 aliphatic carbocycles. The van der Waals surface area contributed by atoms with Crippen molar-refractivity contribution in [2.24, 2.45) is 0 Å². The quantitative estimate of drug-likeness (QED) is 0.926. The second-order valence-corrected chi connectivity index (χ2v) is 4.79. The van der Waals surface area contributed by atoms with Gasteiger partial charge < -0.3 is 9.84 Å². The Morgan fingerprint density at radius 1 is 1.26 bits per heavy atom. The van der Waals surface area contributed by atoms with E-state index in [0.29, 0.717) is 10.6 Å². The highest BCUT2D eigenvalue weighted by molar-refractivity contribution is 7.99. The number of hydrogen-bond donors (Lipinski definition) is 1. The summed E-state index contributed by atoms with van der Waals surface area (Å²) in [6.45, 7) is 0. The fraction of sp³-hybridized carbons (Fsp3) is 0.0714. The molecule has 0 heterocycles. The molecule has 0 bridgehead atoms. The standard InChI is InChI=1S/C14H11FO3S/c1-18-9-4-2-5-10(8-9)19-13-11(14(16)17)6-3-7-12(13)15/h2-8H,1H3,(H,16,17). The van der Waals surface area contributed by atoms with E-state index in [2.05, 4.69) is 0 Å². The summed E-state index contributed by atoms with van der Waals surface area (Å²) in [6.07, 6.45) is 0. The zero-order valence-corrected chi connectivity index (χ0v) is 10.9. The molecule has 0 amide bonds. The molecule has 2 rings (SSSR count). The second kappa shape index (κ2) is 5.75. The van der Waals surface area contributed by atoms with Gasteiger partial charge in [0, 0.05) is 4.90 Å². The largest absolute Gasteiger partial charge is 0.497 e. The van der Waals surface area contributed by atoms with E-state index >= 15 is 0 Å². The Hall–Kier alpha value is -2.01. The lowest BCUT2D eigenvalue weighted by atomic mass is 10.2. The molecule has 0 atom stereocenters. The smallest absolute Gasteiger partial charge is 0.336 e. The first kappa shape index (κ1) is 13.4. The predicted octanol–water partition coefficient (Wildman–Crippen LogP) is 3.68. The van der Waals surface area contributed by atoms with E-state index in [1.165, 1.54) is 25.3 Å². The van der Waals surface area contributed by atoms with Gasteiger partial charge in [-0.3, -0.25) is 0 Å². The lowest BCUT2D eigenvalue weighted by Gasteiger charge is -2.08. The maximum Gasteiger partial charge on any atom is 0.336 e. The van der Waals surface area contributed by atoms with Crippen LogP contribution in [0.25, 0.3) is 0 Å². The number of carboxylic acids is 1. The molecule has 0 saturated heterocycles. The van der Waals surface area contributed by atoms with Gasteiger partial charge in [0.2, 0.25) is 0 Å². The Labute approximate surface area is 114 Å². The van der Waals surface area contributed by atoms with E-state index in [0.717, 1.165) is 11.8 Å². The molecule has 0 radical (unpaired) electrons. The average molecular weight is 278 g/mol. The van der Waals surface area contributed by atoms with Crippen molar-refractivity contribution in [1.82, 2.24) is 0 Å². The van der Waals surface area contributed by atoms with Gasteiger partial charge in [-0.05, 0) is 30.3 Å². The molecule has 3 nitrogen and oxygen atoms in total. The van der Waals surface area contributed by atoms with Gasteiger partial charge >= 0.3 is 5.97 Å². The SMILES string of the molecule is COc1cccc(Sc2c(F)cccc2C(=O)O)c1. The molecular formula is C14H11FO3S. The van der Waals surface area contributed by atoms with Crippen LogP contribution in [0, 0.1) is 5.82 Å². The Morgan fingerprint density at radius 3 is 2.68 bits per heavy atom. The average Bonchev–Trinajstić information content (AvgIpc) is 2.41. The number of carboxylic acid groups (broad SMARTS) is 1. The zero-order valence-electron chi connectivity index (χ0n) is 10.1. The summed E-state index contributed by atoms with van der Waals surface area (Å²) in [6, 6.07) is 11.0. The van der Waals surface area contributed by atoms with Crippen LogP contribution < -0.4 is 4.74 Å². The summed E-state index contributed by atoms with van der Waals surface area (Å²) in [5.74, 6) is -1.06. The van der Waals surface area contributed by atoms with Gasteiger partial charge in [0.15, 0.2) is 0 Å². The summed E-state index contributed by atoms with van der Waals surface area (Å²) in [7, 11) is 1.54. The third-order valence-corrected chi connectivity index (χ3v) is 3.57. The van der Waals surface area contributed by atoms with E-state index in [-0.39, 0.29) is 10.5 Å². The minimum absolute atomic E-state index is 0.0483. The molecule has 19 heavy (non-hydrogen) atoms. The first-order valence-electron chi connectivity index (χ1n) is 5.45. The number of methoxy groups -OCH3 is 1. The molecule has 0 spiro atoms. The molecule has 98 valence electrons. The molecule has 5 heteroatoms. The van der Waals surface area contributed by atoms with Gasteiger partial charge in [-0.15, -0.1) is 0 Å². The Balaban J connectivity index is 2.40. The first-order valence-corrected chi connectivity index (χ1v) is 6.27. The van der Waals surface area contributed by atoms with Crippen LogP contribution in [-0.4, -0.2) is 18.2 Å². The minimum atomic E-state index is -1.15. The molecule has 0 aliphatic heterocycles. The van der Waals surface area contributed by atoms with Crippen LogP contribution in [0.5, 0.6) is 5.75 Å². The fourth-order valence-corrected chi connectivity index (χ4v) is 2.55. The number of halogens is 1. The van der Waals surface area contributed by atoms with Crippen molar-refractivity contribution in [2.45, 2.75) is 9.79 Å². The van der Waals surface area contributed by atoms with Crippen LogP contribution >= 0.6 is 11.8 Å². The maximum atomic E-state index is 13.8. The lowest BCUT2D eigenvalue weighted by Crippen LogP contribution is -2.00. The number of rotatable bonds is 4. The van der Waals surface area contributed by atoms with Gasteiger partial charge in [-0.2, -0.15) is 0 Å². The molecule has 1 N–H and O–H groups in total. The molecular weight excluding hydrogens is 267 g/mol. The molecule has 0 saturated carbocycles. The Bertz CT molecular complexity index is 613. The van der Waals surface area contributed by atoms with Crippen LogP contribution in [0.1, 0.15) is 10.4 Å². The summed E-state index contributed by atoms with van der Waals surface area (Å²) < 4.78 is 18.8. The van der Waals surface area contributed by atoms with E-state index < -0.39 is 11.8 Å². The molecule has 2 aromatic carbocycles. The van der Waals surface area contributed by atoms with E-state index in [4.69, 9.17) is 9.84 Å². The maximum absolute atomic E-state index is 13.8. The Kier molecular flexibility index (Phi) is 4.06. The highest BCUT2D eigenvalue weighted by Crippen LogP contribution is 2.34. The summed E-state index contributed by atoms with van der Waals surface area (Å²) >= 11 is 1.06. The fourth-order valence-electron chi connectivity index (χ4n) is 1.56. The van der Waals surface area contributed by atoms with Crippen LogP contribution in [0.3, 0.4) is 0 Å². The van der Waals surface area contributed by atoms with Crippen molar-refractivity contribution in [2.75, 3.05) is 7.11 Å². The topological polar surface area (TPSA) is 46.5 Å². The number of hydrogen-bond acceptors (Lipinski definition) is 3. The summed E-state index contributed by atoms with van der Waals surface area (Å²) in [4.78, 5) is 11.9. The number of benzene rings is 2. The molecule has 0 aliphatic rings. The van der Waals surface area contributed by atoms with Crippen molar-refractivity contribution >= 4 is 17.7 Å². The lowest BCUT2D eigenvalue weighted by molar-refractivity contribution is 0.0692. The van der Waals surface area contributed by atoms with Gasteiger partial charge in [-0.1, -0.05) is 23.9 Å². The van der Waals surface area contributed by atoms with Crippen molar-refractivity contribution < 1.29 is 19.0 Å². The third kappa shape index (κ3) is 3.06. The summed E-state index contributed by atoms with van der Waals surface area (Å²) in [5.41, 5.74) is -0.0483.